The molecule has 1 heterocycles. The van der Waals surface area contributed by atoms with Crippen LogP contribution in [0.15, 0.2) is 30.3 Å². The van der Waals surface area contributed by atoms with Gasteiger partial charge in [-0.25, -0.2) is 0 Å². The predicted molar refractivity (Wildman–Crippen MR) is 61.4 cm³/mol. The zero-order valence-electron chi connectivity index (χ0n) is 8.94. The van der Waals surface area contributed by atoms with Crippen LogP contribution in [-0.4, -0.2) is 24.4 Å². The van der Waals surface area contributed by atoms with E-state index < -0.39 is 0 Å². The van der Waals surface area contributed by atoms with Crippen LogP contribution in [0, 0.1) is 6.92 Å². The first-order chi connectivity index (χ1) is 7.29. The molecule has 2 nitrogen and oxygen atoms in total. The molecular formula is C13H15NO. The maximum Gasteiger partial charge on any atom is 0.209 e. The van der Waals surface area contributed by atoms with Crippen LogP contribution in [0.3, 0.4) is 0 Å². The van der Waals surface area contributed by atoms with Crippen molar-refractivity contribution in [3.63, 3.8) is 0 Å². The molecule has 0 fully saturated rings. The summed E-state index contributed by atoms with van der Waals surface area (Å²) in [6.07, 6.45) is 4.03. The van der Waals surface area contributed by atoms with Crippen molar-refractivity contribution in [1.82, 2.24) is 4.90 Å². The molecule has 0 aromatic heterocycles. The van der Waals surface area contributed by atoms with E-state index in [1.807, 2.05) is 0 Å². The number of amides is 1. The van der Waals surface area contributed by atoms with Gasteiger partial charge in [-0.1, -0.05) is 35.9 Å². The molecule has 0 radical (unpaired) electrons. The van der Waals surface area contributed by atoms with E-state index in [1.54, 1.807) is 4.90 Å². The fraction of sp³-hybridized carbons (Fsp3) is 0.308. The lowest BCUT2D eigenvalue weighted by Crippen LogP contribution is -2.26. The molecule has 1 aromatic rings. The van der Waals surface area contributed by atoms with Gasteiger partial charge >= 0.3 is 0 Å². The van der Waals surface area contributed by atoms with Crippen LogP contribution in [0.25, 0.3) is 5.57 Å². The fourth-order valence-electron chi connectivity index (χ4n) is 1.89. The minimum Gasteiger partial charge on any atom is -0.341 e. The van der Waals surface area contributed by atoms with E-state index in [1.165, 1.54) is 16.7 Å². The highest BCUT2D eigenvalue weighted by molar-refractivity contribution is 5.68. The first-order valence-corrected chi connectivity index (χ1v) is 5.25. The second kappa shape index (κ2) is 4.30. The summed E-state index contributed by atoms with van der Waals surface area (Å²) in [7, 11) is 0. The molecule has 0 saturated heterocycles. The number of nitrogens with zero attached hydrogens (tertiary/aromatic N) is 1. The zero-order chi connectivity index (χ0) is 10.7. The van der Waals surface area contributed by atoms with Crippen molar-refractivity contribution < 1.29 is 4.79 Å². The van der Waals surface area contributed by atoms with Crippen LogP contribution in [-0.2, 0) is 4.79 Å². The largest absolute Gasteiger partial charge is 0.341 e. The monoisotopic (exact) mass is 201 g/mol. The van der Waals surface area contributed by atoms with Crippen LogP contribution < -0.4 is 0 Å². The normalized spacial score (nSPS) is 16.1. The SMILES string of the molecule is Cc1cccc(C2=CCN(C=O)CC2)c1. The van der Waals surface area contributed by atoms with E-state index in [2.05, 4.69) is 37.3 Å². The van der Waals surface area contributed by atoms with Gasteiger partial charge in [0.2, 0.25) is 6.41 Å². The van der Waals surface area contributed by atoms with E-state index in [0.717, 1.165) is 25.9 Å². The maximum absolute atomic E-state index is 10.6. The number of hydrogen-bond donors (Lipinski definition) is 0. The number of hydrogen-bond acceptors (Lipinski definition) is 1. The van der Waals surface area contributed by atoms with Gasteiger partial charge in [0.15, 0.2) is 0 Å². The van der Waals surface area contributed by atoms with Gasteiger partial charge in [-0.3, -0.25) is 4.79 Å². The zero-order valence-corrected chi connectivity index (χ0v) is 8.94. The molecule has 0 unspecified atom stereocenters. The van der Waals surface area contributed by atoms with Crippen molar-refractivity contribution in [2.75, 3.05) is 13.1 Å². The van der Waals surface area contributed by atoms with Gasteiger partial charge in [0, 0.05) is 13.1 Å². The van der Waals surface area contributed by atoms with Crippen LogP contribution in [0.5, 0.6) is 0 Å². The van der Waals surface area contributed by atoms with Crippen LogP contribution in [0.1, 0.15) is 17.5 Å². The maximum atomic E-state index is 10.6. The number of rotatable bonds is 2. The Labute approximate surface area is 90.2 Å². The average molecular weight is 201 g/mol. The van der Waals surface area contributed by atoms with E-state index >= 15 is 0 Å². The average Bonchev–Trinajstić information content (AvgIpc) is 2.29. The number of aryl methyl sites for hydroxylation is 1. The molecule has 0 aliphatic carbocycles. The molecule has 0 atom stereocenters. The number of benzene rings is 1. The summed E-state index contributed by atoms with van der Waals surface area (Å²) in [5, 5.41) is 0. The highest BCUT2D eigenvalue weighted by Gasteiger charge is 2.10. The van der Waals surface area contributed by atoms with Gasteiger partial charge in [-0.15, -0.1) is 0 Å². The van der Waals surface area contributed by atoms with Crippen LogP contribution in [0.2, 0.25) is 0 Å². The molecular weight excluding hydrogens is 186 g/mol. The van der Waals surface area contributed by atoms with Crippen LogP contribution >= 0.6 is 0 Å². The number of carbonyl (C=O) groups is 1. The number of carbonyl (C=O) groups excluding carboxylic acids is 1. The second-order valence-corrected chi connectivity index (χ2v) is 3.95. The van der Waals surface area contributed by atoms with Crippen molar-refractivity contribution in [3.8, 4) is 0 Å². The fourth-order valence-corrected chi connectivity index (χ4v) is 1.89. The Morgan fingerprint density at radius 3 is 2.87 bits per heavy atom. The molecule has 1 aliphatic heterocycles. The third kappa shape index (κ3) is 2.27. The summed E-state index contributed by atoms with van der Waals surface area (Å²) in [4.78, 5) is 12.3. The molecule has 0 N–H and O–H groups in total. The summed E-state index contributed by atoms with van der Waals surface area (Å²) in [5.74, 6) is 0. The molecule has 1 amide bonds. The molecule has 0 spiro atoms. The lowest BCUT2D eigenvalue weighted by Gasteiger charge is -2.22. The van der Waals surface area contributed by atoms with E-state index in [-0.39, 0.29) is 0 Å². The quantitative estimate of drug-likeness (QED) is 0.672. The third-order valence-corrected chi connectivity index (χ3v) is 2.78. The Hall–Kier alpha value is -1.57. The minimum atomic E-state index is 0.743. The first-order valence-electron chi connectivity index (χ1n) is 5.25. The molecule has 2 heteroatoms. The van der Waals surface area contributed by atoms with E-state index in [4.69, 9.17) is 0 Å². The Kier molecular flexibility index (Phi) is 2.86. The van der Waals surface area contributed by atoms with Crippen LogP contribution in [0.4, 0.5) is 0 Å². The van der Waals surface area contributed by atoms with Gasteiger partial charge < -0.3 is 4.90 Å². The van der Waals surface area contributed by atoms with Gasteiger partial charge in [-0.05, 0) is 24.5 Å². The summed E-state index contributed by atoms with van der Waals surface area (Å²) in [6, 6.07) is 8.51. The smallest absolute Gasteiger partial charge is 0.209 e. The highest BCUT2D eigenvalue weighted by Crippen LogP contribution is 2.22. The van der Waals surface area contributed by atoms with E-state index in [0.29, 0.717) is 0 Å². The molecule has 0 bridgehead atoms. The molecule has 1 aliphatic rings. The summed E-state index contributed by atoms with van der Waals surface area (Å²) in [5.41, 5.74) is 3.93. The highest BCUT2D eigenvalue weighted by atomic mass is 16.1. The van der Waals surface area contributed by atoms with Gasteiger partial charge in [-0.2, -0.15) is 0 Å². The molecule has 15 heavy (non-hydrogen) atoms. The summed E-state index contributed by atoms with van der Waals surface area (Å²) >= 11 is 0. The Bertz CT molecular complexity index is 395. The molecule has 2 rings (SSSR count). The topological polar surface area (TPSA) is 20.3 Å². The Morgan fingerprint density at radius 1 is 1.40 bits per heavy atom. The van der Waals surface area contributed by atoms with Crippen molar-refractivity contribution in [1.29, 1.82) is 0 Å². The lowest BCUT2D eigenvalue weighted by molar-refractivity contribution is -0.117. The lowest BCUT2D eigenvalue weighted by atomic mass is 9.98. The third-order valence-electron chi connectivity index (χ3n) is 2.78. The standard InChI is InChI=1S/C13H15NO/c1-11-3-2-4-13(9-11)12-5-7-14(10-15)8-6-12/h2-5,9-10H,6-8H2,1H3. The Morgan fingerprint density at radius 2 is 2.27 bits per heavy atom. The van der Waals surface area contributed by atoms with Gasteiger partial charge in [0.25, 0.3) is 0 Å². The molecule has 0 saturated carbocycles. The van der Waals surface area contributed by atoms with E-state index in [9.17, 15) is 4.79 Å². The second-order valence-electron chi connectivity index (χ2n) is 3.95. The molecule has 78 valence electrons. The first kappa shape index (κ1) is 9.97. The van der Waals surface area contributed by atoms with Gasteiger partial charge in [0.1, 0.15) is 0 Å². The summed E-state index contributed by atoms with van der Waals surface area (Å²) < 4.78 is 0. The predicted octanol–water partition coefficient (Wildman–Crippen LogP) is 2.24. The Balaban J connectivity index is 2.19. The van der Waals surface area contributed by atoms with Gasteiger partial charge in [0.05, 0.1) is 0 Å². The van der Waals surface area contributed by atoms with Crippen molar-refractivity contribution in [2.24, 2.45) is 0 Å². The van der Waals surface area contributed by atoms with Crippen molar-refractivity contribution >= 4 is 12.0 Å². The van der Waals surface area contributed by atoms with Crippen molar-refractivity contribution in [3.05, 3.63) is 41.5 Å². The minimum absolute atomic E-state index is 0.743. The summed E-state index contributed by atoms with van der Waals surface area (Å²) in [6.45, 7) is 3.68. The van der Waals surface area contributed by atoms with Crippen molar-refractivity contribution in [2.45, 2.75) is 13.3 Å². The molecule has 1 aromatic carbocycles.